The van der Waals surface area contributed by atoms with Crippen LogP contribution in [-0.4, -0.2) is 41.2 Å². The van der Waals surface area contributed by atoms with Crippen LogP contribution in [0, 0.1) is 11.8 Å². The summed E-state index contributed by atoms with van der Waals surface area (Å²) < 4.78 is 5.36. The summed E-state index contributed by atoms with van der Waals surface area (Å²) in [5.41, 5.74) is 2.14. The van der Waals surface area contributed by atoms with Gasteiger partial charge in [-0.15, -0.1) is 0 Å². The van der Waals surface area contributed by atoms with Crippen molar-refractivity contribution in [1.82, 2.24) is 15.1 Å². The summed E-state index contributed by atoms with van der Waals surface area (Å²) in [4.78, 5) is 14.6. The molecule has 1 aliphatic rings. The quantitative estimate of drug-likeness (QED) is 0.946. The fourth-order valence-corrected chi connectivity index (χ4v) is 3.42. The first kappa shape index (κ1) is 15.6. The number of amides is 1. The Morgan fingerprint density at radius 3 is 2.65 bits per heavy atom. The maximum Gasteiger partial charge on any atom is 0.271 e. The number of methoxy groups -OCH3 is 1. The fraction of sp³-hybridized carbons (Fsp3) is 0.444. The molecule has 0 spiro atoms. The zero-order chi connectivity index (χ0) is 16.4. The molecule has 0 bridgehead atoms. The van der Waals surface area contributed by atoms with Crippen LogP contribution in [-0.2, 0) is 0 Å². The predicted molar refractivity (Wildman–Crippen MR) is 89.4 cm³/mol. The van der Waals surface area contributed by atoms with Crippen molar-refractivity contribution >= 4 is 5.91 Å². The molecular weight excluding hydrogens is 290 g/mol. The first-order chi connectivity index (χ1) is 11.1. The number of likely N-dealkylation sites (tertiary alicyclic amines) is 1. The van der Waals surface area contributed by atoms with Crippen LogP contribution in [0.15, 0.2) is 30.3 Å². The first-order valence-electron chi connectivity index (χ1n) is 8.06. The van der Waals surface area contributed by atoms with Gasteiger partial charge >= 0.3 is 0 Å². The summed E-state index contributed by atoms with van der Waals surface area (Å²) in [5, 5.41) is 7.18. The number of aromatic nitrogens is 2. The molecule has 5 nitrogen and oxygen atoms in total. The van der Waals surface area contributed by atoms with Gasteiger partial charge in [-0.1, -0.05) is 26.0 Å². The zero-order valence-electron chi connectivity index (χ0n) is 13.9. The van der Waals surface area contributed by atoms with Crippen LogP contribution in [0.25, 0.3) is 11.3 Å². The van der Waals surface area contributed by atoms with E-state index in [0.717, 1.165) is 30.1 Å². The molecule has 1 amide bonds. The molecule has 3 rings (SSSR count). The van der Waals surface area contributed by atoms with Gasteiger partial charge in [0.2, 0.25) is 0 Å². The fourth-order valence-electron chi connectivity index (χ4n) is 3.42. The minimum atomic E-state index is 0.0250. The number of carbonyl (C=O) groups excluding carboxylic acids is 1. The van der Waals surface area contributed by atoms with Gasteiger partial charge in [0.15, 0.2) is 0 Å². The largest absolute Gasteiger partial charge is 0.496 e. The summed E-state index contributed by atoms with van der Waals surface area (Å²) in [5.74, 6) is 1.86. The molecule has 0 saturated carbocycles. The maximum atomic E-state index is 12.7. The highest BCUT2D eigenvalue weighted by atomic mass is 16.5. The van der Waals surface area contributed by atoms with Crippen molar-refractivity contribution in [3.63, 3.8) is 0 Å². The molecule has 23 heavy (non-hydrogen) atoms. The smallest absolute Gasteiger partial charge is 0.271 e. The Morgan fingerprint density at radius 2 is 1.96 bits per heavy atom. The monoisotopic (exact) mass is 313 g/mol. The molecule has 1 saturated heterocycles. The van der Waals surface area contributed by atoms with Crippen molar-refractivity contribution in [2.45, 2.75) is 20.3 Å². The minimum Gasteiger partial charge on any atom is -0.496 e. The number of nitrogens with zero attached hydrogens (tertiary/aromatic N) is 2. The van der Waals surface area contributed by atoms with Gasteiger partial charge in [0.05, 0.1) is 12.8 Å². The van der Waals surface area contributed by atoms with E-state index in [2.05, 4.69) is 24.0 Å². The topological polar surface area (TPSA) is 58.2 Å². The average molecular weight is 313 g/mol. The van der Waals surface area contributed by atoms with E-state index in [-0.39, 0.29) is 5.91 Å². The SMILES string of the molecule is COc1ccccc1-c1cc(C(=O)N2C[C@@H](C)C[C@H](C)C2)[nH]n1. The molecule has 1 aliphatic heterocycles. The van der Waals surface area contributed by atoms with E-state index in [9.17, 15) is 4.79 Å². The Bertz CT molecular complexity index is 685. The van der Waals surface area contributed by atoms with Crippen LogP contribution in [0.2, 0.25) is 0 Å². The van der Waals surface area contributed by atoms with Gasteiger partial charge in [-0.25, -0.2) is 0 Å². The van der Waals surface area contributed by atoms with Gasteiger partial charge in [0, 0.05) is 18.7 Å². The molecule has 5 heteroatoms. The molecule has 1 aromatic heterocycles. The van der Waals surface area contributed by atoms with Crippen LogP contribution < -0.4 is 4.74 Å². The van der Waals surface area contributed by atoms with Crippen LogP contribution in [0.5, 0.6) is 5.75 Å². The second-order valence-corrected chi connectivity index (χ2v) is 6.52. The van der Waals surface area contributed by atoms with E-state index < -0.39 is 0 Å². The number of para-hydroxylation sites is 1. The zero-order valence-corrected chi connectivity index (χ0v) is 13.9. The van der Waals surface area contributed by atoms with Crippen molar-refractivity contribution in [2.75, 3.05) is 20.2 Å². The van der Waals surface area contributed by atoms with Crippen molar-refractivity contribution in [3.8, 4) is 17.0 Å². The second kappa shape index (κ2) is 6.44. The average Bonchev–Trinajstić information content (AvgIpc) is 3.03. The molecule has 1 N–H and O–H groups in total. The van der Waals surface area contributed by atoms with Crippen molar-refractivity contribution in [3.05, 3.63) is 36.0 Å². The summed E-state index contributed by atoms with van der Waals surface area (Å²) in [6, 6.07) is 9.48. The highest BCUT2D eigenvalue weighted by molar-refractivity contribution is 5.93. The molecule has 1 aromatic carbocycles. The van der Waals surface area contributed by atoms with Gasteiger partial charge in [-0.2, -0.15) is 5.10 Å². The van der Waals surface area contributed by atoms with Gasteiger partial charge in [0.25, 0.3) is 5.91 Å². The first-order valence-corrected chi connectivity index (χ1v) is 8.06. The molecule has 2 heterocycles. The Morgan fingerprint density at radius 1 is 1.26 bits per heavy atom. The maximum absolute atomic E-state index is 12.7. The lowest BCUT2D eigenvalue weighted by molar-refractivity contribution is 0.0617. The van der Waals surface area contributed by atoms with Gasteiger partial charge in [-0.3, -0.25) is 9.89 Å². The van der Waals surface area contributed by atoms with Crippen molar-refractivity contribution in [2.24, 2.45) is 11.8 Å². The third-order valence-corrected chi connectivity index (χ3v) is 4.35. The van der Waals surface area contributed by atoms with Crippen LogP contribution in [0.3, 0.4) is 0 Å². The summed E-state index contributed by atoms with van der Waals surface area (Å²) >= 11 is 0. The van der Waals surface area contributed by atoms with E-state index >= 15 is 0 Å². The van der Waals surface area contributed by atoms with Crippen molar-refractivity contribution in [1.29, 1.82) is 0 Å². The second-order valence-electron chi connectivity index (χ2n) is 6.52. The number of carbonyl (C=O) groups is 1. The summed E-state index contributed by atoms with van der Waals surface area (Å²) in [6.07, 6.45) is 1.18. The van der Waals surface area contributed by atoms with Crippen LogP contribution in [0.1, 0.15) is 30.8 Å². The van der Waals surface area contributed by atoms with E-state index in [0.29, 0.717) is 17.5 Å². The molecule has 0 aliphatic carbocycles. The minimum absolute atomic E-state index is 0.0250. The Balaban J connectivity index is 1.83. The van der Waals surface area contributed by atoms with E-state index in [1.807, 2.05) is 35.2 Å². The standard InChI is InChI=1S/C18H23N3O2/c1-12-8-13(2)11-21(10-12)18(22)16-9-15(19-20-16)14-6-4-5-7-17(14)23-3/h4-7,9,12-13H,8,10-11H2,1-3H3,(H,19,20)/t12-,13-/m0/s1. The van der Waals surface area contributed by atoms with Crippen LogP contribution >= 0.6 is 0 Å². The number of benzene rings is 1. The number of hydrogen-bond donors (Lipinski definition) is 1. The normalized spacial score (nSPS) is 21.3. The van der Waals surface area contributed by atoms with E-state index in [4.69, 9.17) is 4.74 Å². The molecule has 0 unspecified atom stereocenters. The highest BCUT2D eigenvalue weighted by Gasteiger charge is 2.27. The number of rotatable bonds is 3. The number of aromatic amines is 1. The lowest BCUT2D eigenvalue weighted by Gasteiger charge is -2.34. The van der Waals surface area contributed by atoms with Gasteiger partial charge in [-0.05, 0) is 36.5 Å². The predicted octanol–water partition coefficient (Wildman–Crippen LogP) is 3.20. The number of H-pyrrole nitrogens is 1. The molecule has 1 fully saturated rings. The molecule has 2 aromatic rings. The lowest BCUT2D eigenvalue weighted by Crippen LogP contribution is -2.42. The Kier molecular flexibility index (Phi) is 4.37. The molecule has 2 atom stereocenters. The molecular formula is C18H23N3O2. The molecule has 122 valence electrons. The van der Waals surface area contributed by atoms with E-state index in [1.54, 1.807) is 7.11 Å². The number of piperidine rings is 1. The van der Waals surface area contributed by atoms with E-state index in [1.165, 1.54) is 6.42 Å². The van der Waals surface area contributed by atoms with Gasteiger partial charge in [0.1, 0.15) is 11.4 Å². The summed E-state index contributed by atoms with van der Waals surface area (Å²) in [6.45, 7) is 6.02. The number of ether oxygens (including phenoxy) is 1. The Labute approximate surface area is 136 Å². The number of nitrogens with one attached hydrogen (secondary N) is 1. The van der Waals surface area contributed by atoms with Crippen LogP contribution in [0.4, 0.5) is 0 Å². The molecule has 0 radical (unpaired) electrons. The van der Waals surface area contributed by atoms with Gasteiger partial charge < -0.3 is 9.64 Å². The third kappa shape index (κ3) is 3.23. The lowest BCUT2D eigenvalue weighted by atomic mass is 9.92. The highest BCUT2D eigenvalue weighted by Crippen LogP contribution is 2.29. The Hall–Kier alpha value is -2.30. The number of hydrogen-bond acceptors (Lipinski definition) is 3. The van der Waals surface area contributed by atoms with Crippen molar-refractivity contribution < 1.29 is 9.53 Å². The third-order valence-electron chi connectivity index (χ3n) is 4.35. The summed E-state index contributed by atoms with van der Waals surface area (Å²) in [7, 11) is 1.63.